The number of nitrogens with zero attached hydrogens (tertiary/aromatic N) is 2. The second-order valence-electron chi connectivity index (χ2n) is 16.1. The van der Waals surface area contributed by atoms with Crippen molar-refractivity contribution >= 4 is 44.4 Å². The fraction of sp³-hybridized carbons (Fsp3) is 0.148. The van der Waals surface area contributed by atoms with Crippen LogP contribution >= 0.6 is 0 Å². The van der Waals surface area contributed by atoms with E-state index in [1.165, 1.54) is 116 Å². The van der Waals surface area contributed by atoms with Crippen LogP contribution in [0.15, 0.2) is 140 Å². The highest BCUT2D eigenvalue weighted by molar-refractivity contribution is 6.10. The van der Waals surface area contributed by atoms with Crippen LogP contribution in [-0.4, -0.2) is 9.13 Å². The van der Waals surface area contributed by atoms with Crippen molar-refractivity contribution in [1.29, 1.82) is 0 Å². The molecule has 0 unspecified atom stereocenters. The smallest absolute Gasteiger partial charge is 0.0547 e. The molecule has 272 valence electrons. The van der Waals surface area contributed by atoms with Crippen LogP contribution in [0.25, 0.3) is 78.0 Å². The minimum atomic E-state index is 1.05. The van der Waals surface area contributed by atoms with Crippen LogP contribution in [0.1, 0.15) is 56.6 Å². The van der Waals surface area contributed by atoms with Crippen molar-refractivity contribution < 1.29 is 0 Å². The molecular weight excluding hydrogens is 677 g/mol. The van der Waals surface area contributed by atoms with Crippen LogP contribution in [0.3, 0.4) is 0 Å². The van der Waals surface area contributed by atoms with E-state index in [-0.39, 0.29) is 0 Å². The second kappa shape index (κ2) is 13.1. The number of para-hydroxylation sites is 2. The fourth-order valence-corrected chi connectivity index (χ4v) is 10.0. The van der Waals surface area contributed by atoms with Crippen LogP contribution < -0.4 is 0 Å². The Morgan fingerprint density at radius 2 is 0.875 bits per heavy atom. The van der Waals surface area contributed by atoms with Gasteiger partial charge in [0.1, 0.15) is 0 Å². The molecule has 0 radical (unpaired) electrons. The molecule has 0 bridgehead atoms. The predicted molar refractivity (Wildman–Crippen MR) is 240 cm³/mol. The summed E-state index contributed by atoms with van der Waals surface area (Å²) in [5.74, 6) is 0. The second-order valence-corrected chi connectivity index (χ2v) is 16.1. The predicted octanol–water partition coefficient (Wildman–Crippen LogP) is 14.4. The molecule has 0 atom stereocenters. The maximum absolute atomic E-state index is 2.48. The van der Waals surface area contributed by atoms with Gasteiger partial charge >= 0.3 is 0 Å². The SMILES string of the molecule is Cc1cc(C)c(C2=Cc3c(c4ccccc4n3-c3ccc(-c4ccc(-n5c6ccccc6c6ccc(-c7c(C)cc(C)cc7C)cc65)cc4)cc3)CC2)c(C)c1. The van der Waals surface area contributed by atoms with Crippen molar-refractivity contribution in [3.63, 3.8) is 0 Å². The molecule has 0 amide bonds. The summed E-state index contributed by atoms with van der Waals surface area (Å²) >= 11 is 0. The zero-order valence-electron chi connectivity index (χ0n) is 33.2. The Morgan fingerprint density at radius 3 is 1.48 bits per heavy atom. The van der Waals surface area contributed by atoms with Crippen LogP contribution in [0, 0.1) is 41.5 Å². The van der Waals surface area contributed by atoms with E-state index in [1.54, 1.807) is 0 Å². The van der Waals surface area contributed by atoms with E-state index in [1.807, 2.05) is 0 Å². The molecule has 2 heterocycles. The maximum Gasteiger partial charge on any atom is 0.0547 e. The van der Waals surface area contributed by atoms with Crippen molar-refractivity contribution in [2.24, 2.45) is 0 Å². The van der Waals surface area contributed by atoms with Gasteiger partial charge in [-0.25, -0.2) is 0 Å². The van der Waals surface area contributed by atoms with Crippen LogP contribution in [0.4, 0.5) is 0 Å². The Balaban J connectivity index is 1.03. The molecule has 9 aromatic rings. The quantitative estimate of drug-likeness (QED) is 0.167. The lowest BCUT2D eigenvalue weighted by atomic mass is 9.86. The fourth-order valence-electron chi connectivity index (χ4n) is 10.0. The van der Waals surface area contributed by atoms with Gasteiger partial charge in [-0.1, -0.05) is 108 Å². The number of hydrogen-bond donors (Lipinski definition) is 0. The molecule has 0 fully saturated rings. The van der Waals surface area contributed by atoms with E-state index in [2.05, 4.69) is 196 Å². The Bertz CT molecular complexity index is 3010. The number of fused-ring (bicyclic) bond motifs is 6. The normalized spacial score (nSPS) is 12.8. The van der Waals surface area contributed by atoms with E-state index in [4.69, 9.17) is 0 Å². The first-order chi connectivity index (χ1) is 27.2. The number of rotatable bonds is 5. The van der Waals surface area contributed by atoms with Gasteiger partial charge in [-0.05, 0) is 164 Å². The molecule has 1 aliphatic carbocycles. The summed E-state index contributed by atoms with van der Waals surface area (Å²) in [5.41, 5.74) is 24.7. The van der Waals surface area contributed by atoms with E-state index >= 15 is 0 Å². The van der Waals surface area contributed by atoms with Gasteiger partial charge in [0.15, 0.2) is 0 Å². The highest BCUT2D eigenvalue weighted by Crippen LogP contribution is 2.41. The van der Waals surface area contributed by atoms with Gasteiger partial charge in [0.05, 0.1) is 22.2 Å². The summed E-state index contributed by atoms with van der Waals surface area (Å²) in [4.78, 5) is 0. The zero-order valence-corrected chi connectivity index (χ0v) is 33.2. The molecular formula is C54H46N2. The molecule has 0 spiro atoms. The lowest BCUT2D eigenvalue weighted by Crippen LogP contribution is -2.05. The monoisotopic (exact) mass is 722 g/mol. The van der Waals surface area contributed by atoms with Crippen molar-refractivity contribution in [2.75, 3.05) is 0 Å². The van der Waals surface area contributed by atoms with Crippen LogP contribution in [0.5, 0.6) is 0 Å². The Labute approximate surface area is 330 Å². The average molecular weight is 723 g/mol. The van der Waals surface area contributed by atoms with Crippen LogP contribution in [0.2, 0.25) is 0 Å². The molecule has 0 saturated heterocycles. The minimum absolute atomic E-state index is 1.05. The molecule has 7 aromatic carbocycles. The van der Waals surface area contributed by atoms with Gasteiger partial charge in [-0.15, -0.1) is 0 Å². The third-order valence-corrected chi connectivity index (χ3v) is 12.2. The largest absolute Gasteiger partial charge is 0.310 e. The van der Waals surface area contributed by atoms with Crippen molar-refractivity contribution in [1.82, 2.24) is 9.13 Å². The van der Waals surface area contributed by atoms with Crippen LogP contribution in [-0.2, 0) is 6.42 Å². The molecule has 56 heavy (non-hydrogen) atoms. The molecule has 0 aliphatic heterocycles. The number of benzene rings is 7. The summed E-state index contributed by atoms with van der Waals surface area (Å²) < 4.78 is 4.91. The maximum atomic E-state index is 2.48. The summed E-state index contributed by atoms with van der Waals surface area (Å²) in [6.07, 6.45) is 4.57. The van der Waals surface area contributed by atoms with Gasteiger partial charge in [0.25, 0.3) is 0 Å². The van der Waals surface area contributed by atoms with Gasteiger partial charge in [-0.2, -0.15) is 0 Å². The van der Waals surface area contributed by atoms with Crippen molar-refractivity contribution in [3.05, 3.63) is 190 Å². The Hall–Kier alpha value is -6.38. The van der Waals surface area contributed by atoms with Crippen molar-refractivity contribution in [3.8, 4) is 33.6 Å². The topological polar surface area (TPSA) is 9.86 Å². The molecule has 2 nitrogen and oxygen atoms in total. The third-order valence-electron chi connectivity index (χ3n) is 12.2. The third kappa shape index (κ3) is 5.46. The molecule has 0 saturated carbocycles. The van der Waals surface area contributed by atoms with Gasteiger partial charge < -0.3 is 9.13 Å². The molecule has 1 aliphatic rings. The van der Waals surface area contributed by atoms with Crippen molar-refractivity contribution in [2.45, 2.75) is 54.4 Å². The summed E-state index contributed by atoms with van der Waals surface area (Å²) in [7, 11) is 0. The zero-order chi connectivity index (χ0) is 38.2. The first-order valence-electron chi connectivity index (χ1n) is 20.0. The first kappa shape index (κ1) is 34.1. The highest BCUT2D eigenvalue weighted by atomic mass is 15.0. The summed E-state index contributed by atoms with van der Waals surface area (Å²) in [5, 5.41) is 3.91. The molecule has 2 aromatic heterocycles. The lowest BCUT2D eigenvalue weighted by Gasteiger charge is -2.20. The minimum Gasteiger partial charge on any atom is -0.310 e. The summed E-state index contributed by atoms with van der Waals surface area (Å²) in [6.45, 7) is 13.4. The molecule has 10 rings (SSSR count). The van der Waals surface area contributed by atoms with Gasteiger partial charge in [-0.3, -0.25) is 0 Å². The number of aryl methyl sites for hydroxylation is 7. The Kier molecular flexibility index (Phi) is 8.01. The van der Waals surface area contributed by atoms with E-state index in [0.717, 1.165) is 18.5 Å². The first-order valence-corrected chi connectivity index (χ1v) is 20.0. The number of aromatic nitrogens is 2. The van der Waals surface area contributed by atoms with E-state index < -0.39 is 0 Å². The van der Waals surface area contributed by atoms with E-state index in [9.17, 15) is 0 Å². The standard InChI is InChI=1S/C54H46N2/c1-33-27-35(3)53(36(4)28-33)41-19-25-47-45-11-7-9-13-49(45)55(51(47)31-41)43-21-15-39(16-22-43)40-17-23-44(24-18-40)56-50-14-10-8-12-46(50)48-26-20-42(32-52(48)56)54-37(5)29-34(2)30-38(54)6/h7-19,21-25,27-32H,20,26H2,1-6H3. The Morgan fingerprint density at radius 1 is 0.393 bits per heavy atom. The summed E-state index contributed by atoms with van der Waals surface area (Å²) in [6, 6.07) is 52.2. The van der Waals surface area contributed by atoms with Gasteiger partial charge in [0.2, 0.25) is 0 Å². The van der Waals surface area contributed by atoms with Gasteiger partial charge in [0, 0.05) is 27.5 Å². The lowest BCUT2D eigenvalue weighted by molar-refractivity contribution is 0.977. The van der Waals surface area contributed by atoms with E-state index in [0.29, 0.717) is 0 Å². The number of hydrogen-bond acceptors (Lipinski definition) is 0. The molecule has 0 N–H and O–H groups in total. The highest BCUT2D eigenvalue weighted by Gasteiger charge is 2.23. The number of allylic oxidation sites excluding steroid dienone is 1. The molecule has 2 heteroatoms. The average Bonchev–Trinajstić information content (AvgIpc) is 3.69.